The van der Waals surface area contributed by atoms with Crippen LogP contribution in [0.25, 0.3) is 0 Å². The topological polar surface area (TPSA) is 41.1 Å². The van der Waals surface area contributed by atoms with Gasteiger partial charge < -0.3 is 10.6 Å². The van der Waals surface area contributed by atoms with E-state index in [9.17, 15) is 4.79 Å². The number of carbonyl (C=O) groups excluding carboxylic acids is 1. The van der Waals surface area contributed by atoms with Crippen molar-refractivity contribution in [3.63, 3.8) is 0 Å². The Kier molecular flexibility index (Phi) is 2.86. The number of carbonyl (C=O) groups is 1. The summed E-state index contributed by atoms with van der Waals surface area (Å²) in [4.78, 5) is 12.3. The van der Waals surface area contributed by atoms with Gasteiger partial charge in [-0.3, -0.25) is 4.79 Å². The highest BCUT2D eigenvalue weighted by atomic mass is 16.2. The molecule has 2 N–H and O–H groups in total. The molecular formula is C15H20N2O. The maximum atomic E-state index is 12.3. The van der Waals surface area contributed by atoms with Gasteiger partial charge in [-0.1, -0.05) is 6.07 Å². The molecule has 1 saturated heterocycles. The fourth-order valence-corrected chi connectivity index (χ4v) is 3.01. The number of amides is 1. The molecule has 1 heterocycles. The number of fused-ring (bicyclic) bond motifs is 1. The number of hydrogen-bond acceptors (Lipinski definition) is 2. The molecule has 1 unspecified atom stereocenters. The molecule has 1 amide bonds. The van der Waals surface area contributed by atoms with E-state index in [1.54, 1.807) is 0 Å². The third-order valence-electron chi connectivity index (χ3n) is 4.23. The lowest BCUT2D eigenvalue weighted by molar-refractivity contribution is -0.121. The van der Waals surface area contributed by atoms with Crippen LogP contribution in [-0.4, -0.2) is 18.0 Å². The van der Waals surface area contributed by atoms with Crippen LogP contribution in [0.5, 0.6) is 0 Å². The third kappa shape index (κ3) is 2.03. The fraction of sp³-hybridized carbons (Fsp3) is 0.533. The summed E-state index contributed by atoms with van der Waals surface area (Å²) in [5.41, 5.74) is 3.39. The molecular weight excluding hydrogens is 224 g/mol. The second-order valence-corrected chi connectivity index (χ2v) is 5.65. The lowest BCUT2D eigenvalue weighted by Crippen LogP contribution is -2.47. The van der Waals surface area contributed by atoms with Gasteiger partial charge in [0.15, 0.2) is 0 Å². The van der Waals surface area contributed by atoms with Crippen molar-refractivity contribution < 1.29 is 4.79 Å². The molecule has 3 heteroatoms. The highest BCUT2D eigenvalue weighted by Crippen LogP contribution is 2.26. The summed E-state index contributed by atoms with van der Waals surface area (Å²) in [6.07, 6.45) is 5.57. The second kappa shape index (κ2) is 4.39. The third-order valence-corrected chi connectivity index (χ3v) is 4.23. The standard InChI is InChI=1S/C15H20N2O/c1-15(8-3-9-16-15)14(18)17-13-7-6-11-4-2-5-12(11)10-13/h6-7,10,16H,2-5,8-9H2,1H3,(H,17,18). The van der Waals surface area contributed by atoms with Crippen LogP contribution in [0.3, 0.4) is 0 Å². The maximum absolute atomic E-state index is 12.3. The Hall–Kier alpha value is -1.35. The molecule has 0 spiro atoms. The zero-order valence-electron chi connectivity index (χ0n) is 10.9. The van der Waals surface area contributed by atoms with E-state index >= 15 is 0 Å². The van der Waals surface area contributed by atoms with Crippen molar-refractivity contribution in [2.24, 2.45) is 0 Å². The molecule has 1 aromatic carbocycles. The van der Waals surface area contributed by atoms with Gasteiger partial charge in [0.05, 0.1) is 5.54 Å². The molecule has 18 heavy (non-hydrogen) atoms. The monoisotopic (exact) mass is 244 g/mol. The molecule has 0 aromatic heterocycles. The Bertz CT molecular complexity index is 475. The van der Waals surface area contributed by atoms with E-state index in [4.69, 9.17) is 0 Å². The Morgan fingerprint density at radius 2 is 2.11 bits per heavy atom. The molecule has 3 rings (SSSR count). The Morgan fingerprint density at radius 1 is 1.28 bits per heavy atom. The zero-order valence-corrected chi connectivity index (χ0v) is 10.9. The highest BCUT2D eigenvalue weighted by molar-refractivity contribution is 5.98. The molecule has 1 aromatic rings. The van der Waals surface area contributed by atoms with Crippen LogP contribution in [0.4, 0.5) is 5.69 Å². The molecule has 3 nitrogen and oxygen atoms in total. The van der Waals surface area contributed by atoms with Gasteiger partial charge in [-0.25, -0.2) is 0 Å². The van der Waals surface area contributed by atoms with Crippen LogP contribution in [0, 0.1) is 0 Å². The Balaban J connectivity index is 1.74. The van der Waals surface area contributed by atoms with E-state index in [2.05, 4.69) is 22.8 Å². The first-order chi connectivity index (χ1) is 8.67. The van der Waals surface area contributed by atoms with Gasteiger partial charge in [-0.2, -0.15) is 0 Å². The van der Waals surface area contributed by atoms with Crippen LogP contribution < -0.4 is 10.6 Å². The molecule has 0 bridgehead atoms. The second-order valence-electron chi connectivity index (χ2n) is 5.65. The van der Waals surface area contributed by atoms with Crippen molar-refractivity contribution >= 4 is 11.6 Å². The summed E-state index contributed by atoms with van der Waals surface area (Å²) in [5.74, 6) is 0.0953. The van der Waals surface area contributed by atoms with E-state index in [0.717, 1.165) is 31.5 Å². The first-order valence-corrected chi connectivity index (χ1v) is 6.86. The Morgan fingerprint density at radius 3 is 2.89 bits per heavy atom. The van der Waals surface area contributed by atoms with Crippen LogP contribution >= 0.6 is 0 Å². The summed E-state index contributed by atoms with van der Waals surface area (Å²) in [6.45, 7) is 2.93. The zero-order chi connectivity index (χ0) is 12.6. The van der Waals surface area contributed by atoms with Crippen LogP contribution in [-0.2, 0) is 17.6 Å². The number of hydrogen-bond donors (Lipinski definition) is 2. The van der Waals surface area contributed by atoms with Gasteiger partial charge in [0, 0.05) is 5.69 Å². The van der Waals surface area contributed by atoms with Crippen LogP contribution in [0.2, 0.25) is 0 Å². The number of anilines is 1. The normalized spacial score (nSPS) is 26.1. The van der Waals surface area contributed by atoms with E-state index in [1.165, 1.54) is 24.0 Å². The average Bonchev–Trinajstić information content (AvgIpc) is 2.98. The largest absolute Gasteiger partial charge is 0.324 e. The number of nitrogens with one attached hydrogen (secondary N) is 2. The molecule has 0 radical (unpaired) electrons. The SMILES string of the molecule is CC1(C(=O)Nc2ccc3c(c2)CCC3)CCCN1. The molecule has 1 aliphatic carbocycles. The van der Waals surface area contributed by atoms with Crippen molar-refractivity contribution in [3.05, 3.63) is 29.3 Å². The highest BCUT2D eigenvalue weighted by Gasteiger charge is 2.35. The maximum Gasteiger partial charge on any atom is 0.244 e. The van der Waals surface area contributed by atoms with E-state index in [1.807, 2.05) is 13.0 Å². The molecule has 1 fully saturated rings. The summed E-state index contributed by atoms with van der Waals surface area (Å²) >= 11 is 0. The van der Waals surface area contributed by atoms with Crippen molar-refractivity contribution in [1.29, 1.82) is 0 Å². The smallest absolute Gasteiger partial charge is 0.244 e. The van der Waals surface area contributed by atoms with Gasteiger partial charge in [-0.15, -0.1) is 0 Å². The van der Waals surface area contributed by atoms with Crippen molar-refractivity contribution in [2.75, 3.05) is 11.9 Å². The summed E-state index contributed by atoms with van der Waals surface area (Å²) in [6, 6.07) is 6.32. The fourth-order valence-electron chi connectivity index (χ4n) is 3.01. The minimum atomic E-state index is -0.390. The van der Waals surface area contributed by atoms with Crippen LogP contribution in [0.15, 0.2) is 18.2 Å². The molecule has 1 atom stereocenters. The summed E-state index contributed by atoms with van der Waals surface area (Å²) < 4.78 is 0. The van der Waals surface area contributed by atoms with Gasteiger partial charge in [0.1, 0.15) is 0 Å². The van der Waals surface area contributed by atoms with Gasteiger partial charge in [0.25, 0.3) is 0 Å². The number of rotatable bonds is 2. The molecule has 0 saturated carbocycles. The van der Waals surface area contributed by atoms with Crippen molar-refractivity contribution in [1.82, 2.24) is 5.32 Å². The van der Waals surface area contributed by atoms with Gasteiger partial charge in [0.2, 0.25) is 5.91 Å². The number of aryl methyl sites for hydroxylation is 2. The number of benzene rings is 1. The van der Waals surface area contributed by atoms with E-state index < -0.39 is 0 Å². The van der Waals surface area contributed by atoms with Crippen LogP contribution in [0.1, 0.15) is 37.3 Å². The lowest BCUT2D eigenvalue weighted by atomic mass is 9.99. The van der Waals surface area contributed by atoms with Gasteiger partial charge in [-0.05, 0) is 68.8 Å². The molecule has 96 valence electrons. The van der Waals surface area contributed by atoms with E-state index in [0.29, 0.717) is 0 Å². The van der Waals surface area contributed by atoms with E-state index in [-0.39, 0.29) is 11.4 Å². The first kappa shape index (κ1) is 11.7. The predicted molar refractivity (Wildman–Crippen MR) is 72.7 cm³/mol. The van der Waals surface area contributed by atoms with Gasteiger partial charge >= 0.3 is 0 Å². The molecule has 2 aliphatic rings. The molecule has 1 aliphatic heterocycles. The summed E-state index contributed by atoms with van der Waals surface area (Å²) in [7, 11) is 0. The quantitative estimate of drug-likeness (QED) is 0.838. The predicted octanol–water partition coefficient (Wildman–Crippen LogP) is 2.26. The van der Waals surface area contributed by atoms with Crippen molar-refractivity contribution in [3.8, 4) is 0 Å². The van der Waals surface area contributed by atoms with Crippen molar-refractivity contribution in [2.45, 2.75) is 44.6 Å². The minimum absolute atomic E-state index is 0.0953. The minimum Gasteiger partial charge on any atom is -0.324 e. The average molecular weight is 244 g/mol. The lowest BCUT2D eigenvalue weighted by Gasteiger charge is -2.23. The first-order valence-electron chi connectivity index (χ1n) is 6.86. The Labute approximate surface area is 108 Å². The summed E-state index contributed by atoms with van der Waals surface area (Å²) in [5, 5.41) is 6.35.